The highest BCUT2D eigenvalue weighted by Gasteiger charge is 2.10. The number of anilines is 1. The van der Waals surface area contributed by atoms with Crippen LogP contribution in [0.2, 0.25) is 0 Å². The number of nitrogens with one attached hydrogen (secondary N) is 1. The second-order valence-corrected chi connectivity index (χ2v) is 5.24. The Balaban J connectivity index is 2.51. The van der Waals surface area contributed by atoms with Crippen molar-refractivity contribution in [2.24, 2.45) is 5.92 Å². The Morgan fingerprint density at radius 3 is 2.67 bits per heavy atom. The molecule has 0 heterocycles. The molecule has 1 unspecified atom stereocenters. The summed E-state index contributed by atoms with van der Waals surface area (Å²) in [6, 6.07) is 4.92. The van der Waals surface area contributed by atoms with E-state index in [9.17, 15) is 14.9 Å². The highest BCUT2D eigenvalue weighted by atomic mass is 16.6. The molecule has 21 heavy (non-hydrogen) atoms. The first-order chi connectivity index (χ1) is 9.92. The van der Waals surface area contributed by atoms with Crippen LogP contribution in [0.1, 0.15) is 38.2 Å². The minimum Gasteiger partial charge on any atom is -0.481 e. The molecule has 1 rings (SSSR count). The molecule has 0 aliphatic carbocycles. The van der Waals surface area contributed by atoms with Crippen LogP contribution in [0.15, 0.2) is 18.2 Å². The van der Waals surface area contributed by atoms with E-state index in [4.69, 9.17) is 5.11 Å². The van der Waals surface area contributed by atoms with Gasteiger partial charge in [0.25, 0.3) is 5.69 Å². The van der Waals surface area contributed by atoms with Crippen molar-refractivity contribution in [1.29, 1.82) is 0 Å². The van der Waals surface area contributed by atoms with E-state index >= 15 is 0 Å². The predicted molar refractivity (Wildman–Crippen MR) is 81.6 cm³/mol. The first kappa shape index (κ1) is 16.9. The third-order valence-electron chi connectivity index (χ3n) is 3.50. The molecule has 0 spiro atoms. The molecule has 0 aliphatic heterocycles. The summed E-state index contributed by atoms with van der Waals surface area (Å²) in [4.78, 5) is 21.0. The van der Waals surface area contributed by atoms with Gasteiger partial charge >= 0.3 is 5.97 Å². The summed E-state index contributed by atoms with van der Waals surface area (Å²) < 4.78 is 0. The molecule has 1 atom stereocenters. The quantitative estimate of drug-likeness (QED) is 0.536. The van der Waals surface area contributed by atoms with Crippen LogP contribution in [0, 0.1) is 23.0 Å². The second kappa shape index (κ2) is 8.24. The zero-order valence-corrected chi connectivity index (χ0v) is 12.5. The van der Waals surface area contributed by atoms with Gasteiger partial charge in [-0.15, -0.1) is 0 Å². The van der Waals surface area contributed by atoms with E-state index in [1.807, 2.05) is 19.9 Å². The van der Waals surface area contributed by atoms with Gasteiger partial charge in [-0.2, -0.15) is 0 Å². The fraction of sp³-hybridized carbons (Fsp3) is 0.533. The van der Waals surface area contributed by atoms with Crippen LogP contribution in [-0.2, 0) is 4.79 Å². The fourth-order valence-corrected chi connectivity index (χ4v) is 2.27. The summed E-state index contributed by atoms with van der Waals surface area (Å²) in [7, 11) is 0. The second-order valence-electron chi connectivity index (χ2n) is 5.24. The van der Waals surface area contributed by atoms with Gasteiger partial charge in [-0.05, 0) is 37.3 Å². The summed E-state index contributed by atoms with van der Waals surface area (Å²) in [5.74, 6) is -0.413. The molecule has 0 saturated heterocycles. The lowest BCUT2D eigenvalue weighted by molar-refractivity contribution is -0.384. The van der Waals surface area contributed by atoms with E-state index in [0.717, 1.165) is 24.1 Å². The van der Waals surface area contributed by atoms with Crippen molar-refractivity contribution >= 4 is 17.3 Å². The van der Waals surface area contributed by atoms with Crippen molar-refractivity contribution in [2.75, 3.05) is 11.9 Å². The minimum atomic E-state index is -0.768. The third kappa shape index (κ3) is 6.25. The number of carboxylic acids is 1. The highest BCUT2D eigenvalue weighted by Crippen LogP contribution is 2.21. The van der Waals surface area contributed by atoms with E-state index in [-0.39, 0.29) is 12.1 Å². The Morgan fingerprint density at radius 2 is 2.10 bits per heavy atom. The first-order valence-corrected chi connectivity index (χ1v) is 7.14. The molecule has 0 saturated carbocycles. The van der Waals surface area contributed by atoms with Gasteiger partial charge in [-0.3, -0.25) is 14.9 Å². The number of nitrogens with zero attached hydrogens (tertiary/aromatic N) is 1. The number of carbonyl (C=O) groups is 1. The molecular formula is C15H22N2O4. The summed E-state index contributed by atoms with van der Waals surface area (Å²) in [5.41, 5.74) is 1.65. The lowest BCUT2D eigenvalue weighted by atomic mass is 9.96. The Morgan fingerprint density at radius 1 is 1.38 bits per heavy atom. The molecule has 1 aromatic rings. The molecule has 116 valence electrons. The van der Waals surface area contributed by atoms with Crippen molar-refractivity contribution in [3.8, 4) is 0 Å². The first-order valence-electron chi connectivity index (χ1n) is 7.14. The van der Waals surface area contributed by atoms with Gasteiger partial charge in [0.2, 0.25) is 0 Å². The van der Waals surface area contributed by atoms with Crippen molar-refractivity contribution in [1.82, 2.24) is 0 Å². The Hall–Kier alpha value is -2.11. The number of carboxylic acid groups (broad SMARTS) is 1. The van der Waals surface area contributed by atoms with E-state index in [1.54, 1.807) is 0 Å². The van der Waals surface area contributed by atoms with Crippen LogP contribution in [0.3, 0.4) is 0 Å². The molecule has 0 amide bonds. The van der Waals surface area contributed by atoms with Gasteiger partial charge < -0.3 is 10.4 Å². The number of hydrogen-bond donors (Lipinski definition) is 2. The highest BCUT2D eigenvalue weighted by molar-refractivity contribution is 5.66. The number of hydrogen-bond acceptors (Lipinski definition) is 4. The van der Waals surface area contributed by atoms with E-state index in [2.05, 4.69) is 5.32 Å². The van der Waals surface area contributed by atoms with Crippen molar-refractivity contribution < 1.29 is 14.8 Å². The van der Waals surface area contributed by atoms with Crippen LogP contribution in [-0.4, -0.2) is 22.5 Å². The smallest absolute Gasteiger partial charge is 0.303 e. The Kier molecular flexibility index (Phi) is 6.65. The van der Waals surface area contributed by atoms with Gasteiger partial charge in [-0.25, -0.2) is 0 Å². The zero-order valence-electron chi connectivity index (χ0n) is 12.5. The average molecular weight is 294 g/mol. The summed E-state index contributed by atoms with van der Waals surface area (Å²) in [5, 5.41) is 22.7. The third-order valence-corrected chi connectivity index (χ3v) is 3.50. The van der Waals surface area contributed by atoms with Gasteiger partial charge in [0.05, 0.1) is 4.92 Å². The maximum atomic E-state index is 10.8. The van der Waals surface area contributed by atoms with Gasteiger partial charge in [0.1, 0.15) is 0 Å². The van der Waals surface area contributed by atoms with Crippen LogP contribution >= 0.6 is 0 Å². The molecule has 0 fully saturated rings. The maximum Gasteiger partial charge on any atom is 0.303 e. The SMILES string of the molecule is CCC(CCNc1cc(C)cc([N+](=O)[O-])c1)CCC(=O)O. The largest absolute Gasteiger partial charge is 0.481 e. The zero-order chi connectivity index (χ0) is 15.8. The average Bonchev–Trinajstić information content (AvgIpc) is 2.41. The molecule has 0 aliphatic rings. The topological polar surface area (TPSA) is 92.5 Å². The van der Waals surface area contributed by atoms with Crippen molar-refractivity contribution in [3.05, 3.63) is 33.9 Å². The number of benzene rings is 1. The molecule has 6 nitrogen and oxygen atoms in total. The number of aryl methyl sites for hydroxylation is 1. The molecule has 2 N–H and O–H groups in total. The Labute approximate surface area is 124 Å². The number of nitro groups is 1. The van der Waals surface area contributed by atoms with Crippen LogP contribution in [0.5, 0.6) is 0 Å². The predicted octanol–water partition coefficient (Wildman–Crippen LogP) is 3.60. The Bertz CT molecular complexity index is 502. The molecule has 6 heteroatoms. The van der Waals surface area contributed by atoms with Gasteiger partial charge in [-0.1, -0.05) is 13.3 Å². The fourth-order valence-electron chi connectivity index (χ4n) is 2.27. The summed E-state index contributed by atoms with van der Waals surface area (Å²) in [6.45, 7) is 4.54. The number of rotatable bonds is 9. The normalized spacial score (nSPS) is 11.9. The number of aliphatic carboxylic acids is 1. The van der Waals surface area contributed by atoms with E-state index < -0.39 is 10.9 Å². The maximum absolute atomic E-state index is 10.8. The standard InChI is InChI=1S/C15H22N2O4/c1-3-12(4-5-15(18)19)6-7-16-13-8-11(2)9-14(10-13)17(20)21/h8-10,12,16H,3-7H2,1-2H3,(H,18,19). The van der Waals surface area contributed by atoms with Crippen LogP contribution < -0.4 is 5.32 Å². The number of non-ortho nitro benzene ring substituents is 1. The molecule has 0 aromatic heterocycles. The monoisotopic (exact) mass is 294 g/mol. The van der Waals surface area contributed by atoms with Crippen LogP contribution in [0.25, 0.3) is 0 Å². The van der Waals surface area contributed by atoms with E-state index in [1.165, 1.54) is 12.1 Å². The van der Waals surface area contributed by atoms with Gasteiger partial charge in [0.15, 0.2) is 0 Å². The van der Waals surface area contributed by atoms with Crippen molar-refractivity contribution in [2.45, 2.75) is 39.5 Å². The number of nitro benzene ring substituents is 1. The van der Waals surface area contributed by atoms with Crippen LogP contribution in [0.4, 0.5) is 11.4 Å². The van der Waals surface area contributed by atoms with Gasteiger partial charge in [0, 0.05) is 30.8 Å². The molecule has 1 aromatic carbocycles. The lowest BCUT2D eigenvalue weighted by Crippen LogP contribution is -2.10. The molecular weight excluding hydrogens is 272 g/mol. The summed E-state index contributed by atoms with van der Waals surface area (Å²) in [6.07, 6.45) is 2.64. The van der Waals surface area contributed by atoms with Crippen molar-refractivity contribution in [3.63, 3.8) is 0 Å². The molecule has 0 radical (unpaired) electrons. The van der Waals surface area contributed by atoms with E-state index in [0.29, 0.717) is 18.9 Å². The lowest BCUT2D eigenvalue weighted by Gasteiger charge is -2.14. The molecule has 0 bridgehead atoms. The summed E-state index contributed by atoms with van der Waals surface area (Å²) >= 11 is 0. The minimum absolute atomic E-state index is 0.0791.